The monoisotopic (exact) mass is 284 g/mol. The van der Waals surface area contributed by atoms with Gasteiger partial charge in [-0.2, -0.15) is 0 Å². The summed E-state index contributed by atoms with van der Waals surface area (Å²) in [6.07, 6.45) is 1.74. The maximum Gasteiger partial charge on any atom is 0.240 e. The van der Waals surface area contributed by atoms with Crippen LogP contribution in [-0.2, 0) is 14.8 Å². The van der Waals surface area contributed by atoms with Crippen molar-refractivity contribution in [3.05, 3.63) is 24.3 Å². The van der Waals surface area contributed by atoms with E-state index in [1.807, 2.05) is 0 Å². The van der Waals surface area contributed by atoms with Crippen LogP contribution in [0.5, 0.6) is 0 Å². The fourth-order valence-corrected chi connectivity index (χ4v) is 3.33. The third-order valence-corrected chi connectivity index (χ3v) is 4.96. The van der Waals surface area contributed by atoms with E-state index in [2.05, 4.69) is 11.6 Å². The first kappa shape index (κ1) is 14.3. The van der Waals surface area contributed by atoms with Gasteiger partial charge in [-0.1, -0.05) is 13.0 Å². The molecule has 106 valence electrons. The molecule has 3 N–H and O–H groups in total. The lowest BCUT2D eigenvalue weighted by Gasteiger charge is -2.33. The second-order valence-electron chi connectivity index (χ2n) is 5.32. The Morgan fingerprint density at radius 1 is 1.37 bits per heavy atom. The molecule has 0 aromatic heterocycles. The van der Waals surface area contributed by atoms with Gasteiger partial charge >= 0.3 is 0 Å². The first-order valence-corrected chi connectivity index (χ1v) is 7.83. The minimum atomic E-state index is -3.49. The van der Waals surface area contributed by atoms with E-state index >= 15 is 0 Å². The fraction of sp³-hybridized carbons (Fsp3) is 0.538. The standard InChI is InChI=1S/C13H20N2O3S/c1-13(5-7-18-8-6-13)10-15-19(16,17)12-4-2-3-11(14)9-12/h2-4,9,15H,5-8,10,14H2,1H3. The van der Waals surface area contributed by atoms with Gasteiger partial charge in [-0.05, 0) is 36.5 Å². The normalized spacial score (nSPS) is 19.2. The van der Waals surface area contributed by atoms with Crippen LogP contribution >= 0.6 is 0 Å². The summed E-state index contributed by atoms with van der Waals surface area (Å²) in [5.41, 5.74) is 6.02. The molecule has 2 rings (SSSR count). The summed E-state index contributed by atoms with van der Waals surface area (Å²) in [6, 6.07) is 6.32. The van der Waals surface area contributed by atoms with Gasteiger partial charge in [-0.25, -0.2) is 13.1 Å². The summed E-state index contributed by atoms with van der Waals surface area (Å²) in [7, 11) is -3.49. The highest BCUT2D eigenvalue weighted by Gasteiger charge is 2.29. The SMILES string of the molecule is CC1(CNS(=O)(=O)c2cccc(N)c2)CCOCC1. The molecular formula is C13H20N2O3S. The number of nitrogens with one attached hydrogen (secondary N) is 1. The number of hydrogen-bond donors (Lipinski definition) is 2. The molecule has 0 atom stereocenters. The molecule has 0 radical (unpaired) electrons. The molecule has 1 fully saturated rings. The van der Waals surface area contributed by atoms with Gasteiger partial charge in [0.15, 0.2) is 0 Å². The van der Waals surface area contributed by atoms with Crippen LogP contribution in [0.25, 0.3) is 0 Å². The zero-order chi connectivity index (χ0) is 13.9. The van der Waals surface area contributed by atoms with Crippen LogP contribution in [0.3, 0.4) is 0 Å². The van der Waals surface area contributed by atoms with Crippen molar-refractivity contribution in [2.45, 2.75) is 24.7 Å². The van der Waals surface area contributed by atoms with Gasteiger partial charge in [0, 0.05) is 25.4 Å². The molecular weight excluding hydrogens is 264 g/mol. The lowest BCUT2D eigenvalue weighted by molar-refractivity contribution is 0.0265. The number of benzene rings is 1. The predicted octanol–water partition coefficient (Wildman–Crippen LogP) is 1.36. The van der Waals surface area contributed by atoms with Crippen molar-refractivity contribution in [3.8, 4) is 0 Å². The summed E-state index contributed by atoms with van der Waals surface area (Å²) in [6.45, 7) is 3.89. The highest BCUT2D eigenvalue weighted by Crippen LogP contribution is 2.29. The van der Waals surface area contributed by atoms with E-state index in [-0.39, 0.29) is 10.3 Å². The summed E-state index contributed by atoms with van der Waals surface area (Å²) >= 11 is 0. The maximum atomic E-state index is 12.2. The third kappa shape index (κ3) is 3.68. The molecule has 1 aromatic carbocycles. The lowest BCUT2D eigenvalue weighted by atomic mass is 9.83. The van der Waals surface area contributed by atoms with E-state index in [0.717, 1.165) is 12.8 Å². The molecule has 0 amide bonds. The third-order valence-electron chi connectivity index (χ3n) is 3.56. The van der Waals surface area contributed by atoms with Gasteiger partial charge in [0.2, 0.25) is 10.0 Å². The number of sulfonamides is 1. The molecule has 1 heterocycles. The van der Waals surface area contributed by atoms with Gasteiger partial charge in [0.1, 0.15) is 0 Å². The van der Waals surface area contributed by atoms with Gasteiger partial charge in [0.25, 0.3) is 0 Å². The summed E-state index contributed by atoms with van der Waals surface area (Å²) in [4.78, 5) is 0.211. The Kier molecular flexibility index (Phi) is 4.13. The van der Waals surface area contributed by atoms with Crippen molar-refractivity contribution in [2.75, 3.05) is 25.5 Å². The highest BCUT2D eigenvalue weighted by atomic mass is 32.2. The summed E-state index contributed by atoms with van der Waals surface area (Å²) in [5.74, 6) is 0. The maximum absolute atomic E-state index is 12.2. The van der Waals surface area contributed by atoms with E-state index in [9.17, 15) is 8.42 Å². The summed E-state index contributed by atoms with van der Waals surface area (Å²) in [5, 5.41) is 0. The Morgan fingerprint density at radius 3 is 2.68 bits per heavy atom. The van der Waals surface area contributed by atoms with E-state index in [4.69, 9.17) is 10.5 Å². The van der Waals surface area contributed by atoms with E-state index in [0.29, 0.717) is 25.4 Å². The average molecular weight is 284 g/mol. The largest absolute Gasteiger partial charge is 0.399 e. The molecule has 1 aliphatic heterocycles. The molecule has 0 saturated carbocycles. The average Bonchev–Trinajstić information content (AvgIpc) is 2.38. The smallest absolute Gasteiger partial charge is 0.240 e. The van der Waals surface area contributed by atoms with Gasteiger partial charge in [0.05, 0.1) is 4.90 Å². The molecule has 19 heavy (non-hydrogen) atoms. The molecule has 0 unspecified atom stereocenters. The quantitative estimate of drug-likeness (QED) is 0.818. The number of hydrogen-bond acceptors (Lipinski definition) is 4. The number of ether oxygens (including phenoxy) is 1. The van der Waals surface area contributed by atoms with Gasteiger partial charge in [-0.15, -0.1) is 0 Å². The minimum Gasteiger partial charge on any atom is -0.399 e. The topological polar surface area (TPSA) is 81.4 Å². The van der Waals surface area contributed by atoms with Crippen molar-refractivity contribution >= 4 is 15.7 Å². The zero-order valence-corrected chi connectivity index (χ0v) is 11.9. The number of anilines is 1. The second-order valence-corrected chi connectivity index (χ2v) is 7.09. The molecule has 5 nitrogen and oxygen atoms in total. The highest BCUT2D eigenvalue weighted by molar-refractivity contribution is 7.89. The fourth-order valence-electron chi connectivity index (χ4n) is 2.08. The zero-order valence-electron chi connectivity index (χ0n) is 11.1. The van der Waals surface area contributed by atoms with Crippen LogP contribution in [0.1, 0.15) is 19.8 Å². The number of nitrogen functional groups attached to an aromatic ring is 1. The molecule has 1 aliphatic rings. The Labute approximate surface area is 114 Å². The van der Waals surface area contributed by atoms with Crippen molar-refractivity contribution in [3.63, 3.8) is 0 Å². The Morgan fingerprint density at radius 2 is 2.05 bits per heavy atom. The Hall–Kier alpha value is -1.11. The van der Waals surface area contributed by atoms with Crippen LogP contribution in [-0.4, -0.2) is 28.2 Å². The van der Waals surface area contributed by atoms with Crippen molar-refractivity contribution in [2.24, 2.45) is 5.41 Å². The van der Waals surface area contributed by atoms with E-state index in [1.165, 1.54) is 6.07 Å². The van der Waals surface area contributed by atoms with Crippen LogP contribution in [0, 0.1) is 5.41 Å². The molecule has 0 aliphatic carbocycles. The summed E-state index contributed by atoms with van der Waals surface area (Å²) < 4.78 is 32.3. The molecule has 6 heteroatoms. The van der Waals surface area contributed by atoms with Crippen molar-refractivity contribution in [1.29, 1.82) is 0 Å². The number of rotatable bonds is 4. The first-order valence-electron chi connectivity index (χ1n) is 6.34. The first-order chi connectivity index (χ1) is 8.91. The van der Waals surface area contributed by atoms with Crippen LogP contribution in [0.2, 0.25) is 0 Å². The van der Waals surface area contributed by atoms with Crippen LogP contribution < -0.4 is 10.5 Å². The Bertz CT molecular complexity index is 537. The number of nitrogens with two attached hydrogens (primary N) is 1. The molecule has 1 saturated heterocycles. The van der Waals surface area contributed by atoms with E-state index < -0.39 is 10.0 Å². The van der Waals surface area contributed by atoms with Crippen LogP contribution in [0.15, 0.2) is 29.2 Å². The molecule has 1 aromatic rings. The van der Waals surface area contributed by atoms with E-state index in [1.54, 1.807) is 18.2 Å². The molecule has 0 spiro atoms. The minimum absolute atomic E-state index is 0.0361. The van der Waals surface area contributed by atoms with Crippen molar-refractivity contribution in [1.82, 2.24) is 4.72 Å². The van der Waals surface area contributed by atoms with Crippen molar-refractivity contribution < 1.29 is 13.2 Å². The lowest BCUT2D eigenvalue weighted by Crippen LogP contribution is -2.39. The molecule has 0 bridgehead atoms. The Balaban J connectivity index is 2.05. The van der Waals surface area contributed by atoms with Gasteiger partial charge in [-0.3, -0.25) is 0 Å². The predicted molar refractivity (Wildman–Crippen MR) is 74.2 cm³/mol. The second kappa shape index (κ2) is 5.48. The van der Waals surface area contributed by atoms with Crippen LogP contribution in [0.4, 0.5) is 5.69 Å². The van der Waals surface area contributed by atoms with Gasteiger partial charge < -0.3 is 10.5 Å².